The van der Waals surface area contributed by atoms with Crippen molar-refractivity contribution in [3.8, 4) is 17.5 Å². The topological polar surface area (TPSA) is 61.3 Å². The largest absolute Gasteiger partial charge is 0.461 e. The Morgan fingerprint density at radius 1 is 1.37 bits per heavy atom. The zero-order valence-corrected chi connectivity index (χ0v) is 11.5. The van der Waals surface area contributed by atoms with Gasteiger partial charge in [-0.1, -0.05) is 23.9 Å². The van der Waals surface area contributed by atoms with Crippen molar-refractivity contribution in [1.82, 2.24) is 5.32 Å². The molecule has 0 radical (unpaired) electrons. The second-order valence-electron chi connectivity index (χ2n) is 3.82. The highest BCUT2D eigenvalue weighted by Crippen LogP contribution is 2.26. The molecule has 4 nitrogen and oxygen atoms in total. The van der Waals surface area contributed by atoms with E-state index in [1.165, 1.54) is 11.8 Å². The highest BCUT2D eigenvalue weighted by Gasteiger charge is 2.04. The lowest BCUT2D eigenvalue weighted by Crippen LogP contribution is -2.12. The molecule has 0 amide bonds. The van der Waals surface area contributed by atoms with Crippen LogP contribution in [0.25, 0.3) is 11.3 Å². The van der Waals surface area contributed by atoms with Gasteiger partial charge in [0.05, 0.1) is 5.69 Å². The maximum absolute atomic E-state index is 8.61. The van der Waals surface area contributed by atoms with Gasteiger partial charge in [0, 0.05) is 5.56 Å². The van der Waals surface area contributed by atoms with E-state index in [4.69, 9.17) is 9.68 Å². The fraction of sp³-hybridized carbons (Fsp3) is 0.143. The standard InChI is InChI=1S/C14H13N3OS/c1-10-6-7-13(18-10)11-4-3-5-12(8-11)17-14(19-2)16-9-15/h3-8H,1-2H3,(H,16,17). The lowest BCUT2D eigenvalue weighted by Gasteiger charge is -2.02. The molecule has 0 saturated carbocycles. The summed E-state index contributed by atoms with van der Waals surface area (Å²) < 4.78 is 5.58. The molecule has 96 valence electrons. The highest BCUT2D eigenvalue weighted by molar-refractivity contribution is 8.13. The molecule has 0 aliphatic rings. The van der Waals surface area contributed by atoms with E-state index in [2.05, 4.69) is 10.3 Å². The monoisotopic (exact) mass is 271 g/mol. The van der Waals surface area contributed by atoms with Crippen LogP contribution < -0.4 is 5.32 Å². The lowest BCUT2D eigenvalue weighted by molar-refractivity contribution is 0.548. The Labute approximate surface area is 116 Å². The van der Waals surface area contributed by atoms with E-state index < -0.39 is 0 Å². The molecule has 0 fully saturated rings. The number of hydrogen-bond acceptors (Lipinski definition) is 4. The third-order valence-electron chi connectivity index (χ3n) is 2.46. The number of aliphatic imine (C=N–C) groups is 1. The molecule has 19 heavy (non-hydrogen) atoms. The summed E-state index contributed by atoms with van der Waals surface area (Å²) in [4.78, 5) is 4.36. The molecular weight excluding hydrogens is 258 g/mol. The van der Waals surface area contributed by atoms with Crippen LogP contribution in [0.3, 0.4) is 0 Å². The van der Waals surface area contributed by atoms with Gasteiger partial charge in [0.1, 0.15) is 11.5 Å². The maximum atomic E-state index is 8.61. The Hall–Kier alpha value is -2.19. The van der Waals surface area contributed by atoms with Crippen LogP contribution in [0.1, 0.15) is 5.76 Å². The first-order chi connectivity index (χ1) is 9.22. The maximum Gasteiger partial charge on any atom is 0.183 e. The van der Waals surface area contributed by atoms with E-state index in [-0.39, 0.29) is 0 Å². The molecule has 0 atom stereocenters. The first-order valence-corrected chi connectivity index (χ1v) is 6.90. The molecule has 0 saturated heterocycles. The van der Waals surface area contributed by atoms with Crippen LogP contribution in [0.5, 0.6) is 0 Å². The van der Waals surface area contributed by atoms with Crippen LogP contribution in [-0.2, 0) is 0 Å². The van der Waals surface area contributed by atoms with Gasteiger partial charge in [-0.15, -0.1) is 0 Å². The summed E-state index contributed by atoms with van der Waals surface area (Å²) in [6.45, 7) is 1.91. The second kappa shape index (κ2) is 6.12. The number of rotatable bonds is 2. The smallest absolute Gasteiger partial charge is 0.183 e. The minimum Gasteiger partial charge on any atom is -0.461 e. The van der Waals surface area contributed by atoms with Crippen molar-refractivity contribution in [2.24, 2.45) is 4.99 Å². The quantitative estimate of drug-likeness (QED) is 0.392. The van der Waals surface area contributed by atoms with E-state index in [1.807, 2.05) is 55.8 Å². The van der Waals surface area contributed by atoms with Gasteiger partial charge in [-0.25, -0.2) is 4.99 Å². The fourth-order valence-corrected chi connectivity index (χ4v) is 1.95. The summed E-state index contributed by atoms with van der Waals surface area (Å²) >= 11 is 1.39. The zero-order chi connectivity index (χ0) is 13.7. The number of benzene rings is 1. The van der Waals surface area contributed by atoms with E-state index in [9.17, 15) is 0 Å². The summed E-state index contributed by atoms with van der Waals surface area (Å²) in [5.74, 6) is 1.69. The highest BCUT2D eigenvalue weighted by atomic mass is 32.2. The van der Waals surface area contributed by atoms with Gasteiger partial charge in [0.2, 0.25) is 0 Å². The number of aryl methyl sites for hydroxylation is 1. The van der Waals surface area contributed by atoms with Crippen LogP contribution in [0.2, 0.25) is 0 Å². The van der Waals surface area contributed by atoms with Gasteiger partial charge >= 0.3 is 0 Å². The Bertz CT molecular complexity index is 640. The SMILES string of the molecule is CSC(=Nc1cccc(-c2ccc(C)o2)c1)NC#N. The Morgan fingerprint density at radius 3 is 2.84 bits per heavy atom. The van der Waals surface area contributed by atoms with Crippen LogP contribution in [0.4, 0.5) is 5.69 Å². The molecule has 0 aliphatic carbocycles. The van der Waals surface area contributed by atoms with E-state index >= 15 is 0 Å². The minimum absolute atomic E-state index is 0.565. The van der Waals surface area contributed by atoms with E-state index in [0.29, 0.717) is 5.17 Å². The zero-order valence-electron chi connectivity index (χ0n) is 10.7. The van der Waals surface area contributed by atoms with Crippen LogP contribution in [0.15, 0.2) is 45.8 Å². The molecule has 2 aromatic rings. The Morgan fingerprint density at radius 2 is 2.21 bits per heavy atom. The first kappa shape index (κ1) is 13.2. The van der Waals surface area contributed by atoms with Crippen LogP contribution in [0, 0.1) is 18.4 Å². The van der Waals surface area contributed by atoms with Gasteiger partial charge in [-0.05, 0) is 37.4 Å². The summed E-state index contributed by atoms with van der Waals surface area (Å²) in [7, 11) is 0. The molecule has 5 heteroatoms. The predicted octanol–water partition coefficient (Wildman–Crippen LogP) is 3.68. The second-order valence-corrected chi connectivity index (χ2v) is 4.61. The summed E-state index contributed by atoms with van der Waals surface area (Å²) in [6.07, 6.45) is 3.73. The van der Waals surface area contributed by atoms with Crippen molar-refractivity contribution in [1.29, 1.82) is 5.26 Å². The molecule has 0 aliphatic heterocycles. The number of nitrogens with zero attached hydrogens (tertiary/aromatic N) is 2. The number of amidine groups is 1. The lowest BCUT2D eigenvalue weighted by atomic mass is 10.1. The molecule has 0 spiro atoms. The minimum atomic E-state index is 0.565. The van der Waals surface area contributed by atoms with Crippen LogP contribution >= 0.6 is 11.8 Å². The van der Waals surface area contributed by atoms with Crippen molar-refractivity contribution in [2.75, 3.05) is 6.26 Å². The Kier molecular flexibility index (Phi) is 4.26. The Balaban J connectivity index is 2.32. The predicted molar refractivity (Wildman–Crippen MR) is 78.2 cm³/mol. The fourth-order valence-electron chi connectivity index (χ4n) is 1.61. The molecule has 1 N–H and O–H groups in total. The average Bonchev–Trinajstić information content (AvgIpc) is 2.85. The van der Waals surface area contributed by atoms with E-state index in [1.54, 1.807) is 0 Å². The summed E-state index contributed by atoms with van der Waals surface area (Å²) in [5.41, 5.74) is 1.74. The van der Waals surface area contributed by atoms with Gasteiger partial charge in [-0.2, -0.15) is 5.26 Å². The number of hydrogen-bond donors (Lipinski definition) is 1. The summed E-state index contributed by atoms with van der Waals surface area (Å²) in [5, 5.41) is 11.7. The van der Waals surface area contributed by atoms with Gasteiger partial charge in [0.25, 0.3) is 0 Å². The molecule has 1 aromatic heterocycles. The molecule has 0 unspecified atom stereocenters. The number of nitriles is 1. The van der Waals surface area contributed by atoms with E-state index in [0.717, 1.165) is 22.8 Å². The van der Waals surface area contributed by atoms with Crippen molar-refractivity contribution < 1.29 is 4.42 Å². The van der Waals surface area contributed by atoms with Gasteiger partial charge in [-0.3, -0.25) is 5.32 Å². The molecule has 1 heterocycles. The van der Waals surface area contributed by atoms with Crippen molar-refractivity contribution in [2.45, 2.75) is 6.92 Å². The number of thioether (sulfide) groups is 1. The van der Waals surface area contributed by atoms with Gasteiger partial charge in [0.15, 0.2) is 11.4 Å². The molecule has 0 bridgehead atoms. The van der Waals surface area contributed by atoms with Crippen LogP contribution in [-0.4, -0.2) is 11.4 Å². The van der Waals surface area contributed by atoms with Crippen molar-refractivity contribution >= 4 is 22.6 Å². The first-order valence-electron chi connectivity index (χ1n) is 5.67. The molecule has 1 aromatic carbocycles. The van der Waals surface area contributed by atoms with Crippen molar-refractivity contribution in [3.63, 3.8) is 0 Å². The normalized spacial score (nSPS) is 11.1. The molecule has 2 rings (SSSR count). The molecular formula is C14H13N3OS. The van der Waals surface area contributed by atoms with Gasteiger partial charge < -0.3 is 4.42 Å². The number of furan rings is 1. The third-order valence-corrected chi connectivity index (χ3v) is 3.04. The average molecular weight is 271 g/mol. The van der Waals surface area contributed by atoms with Crippen molar-refractivity contribution in [3.05, 3.63) is 42.2 Å². The third kappa shape index (κ3) is 3.39. The summed E-state index contributed by atoms with van der Waals surface area (Å²) in [6, 6.07) is 11.5. The number of nitrogens with one attached hydrogen (secondary N) is 1.